The van der Waals surface area contributed by atoms with E-state index >= 15 is 0 Å². The zero-order chi connectivity index (χ0) is 35.7. The number of carboxylic acids is 2. The van der Waals surface area contributed by atoms with Gasteiger partial charge in [0.2, 0.25) is 17.7 Å². The Hall–Kier alpha value is -5.14. The van der Waals surface area contributed by atoms with Gasteiger partial charge in [-0.2, -0.15) is 0 Å². The van der Waals surface area contributed by atoms with E-state index < -0.39 is 59.5 Å². The number of benzene rings is 2. The molecule has 0 aliphatic rings. The summed E-state index contributed by atoms with van der Waals surface area (Å²) in [5.41, 5.74) is 0.626. The van der Waals surface area contributed by atoms with Gasteiger partial charge in [-0.3, -0.25) is 14.4 Å². The molecule has 14 heteroatoms. The number of aliphatic carboxylic acids is 2. The Kier molecular flexibility index (Phi) is 15.9. The molecule has 4 amide bonds. The van der Waals surface area contributed by atoms with Crippen molar-refractivity contribution >= 4 is 35.8 Å². The summed E-state index contributed by atoms with van der Waals surface area (Å²) in [5.74, 6) is -4.88. The molecule has 0 spiro atoms. The average Bonchev–Trinajstić information content (AvgIpc) is 3.01. The summed E-state index contributed by atoms with van der Waals surface area (Å²) in [4.78, 5) is 74.2. The van der Waals surface area contributed by atoms with Crippen molar-refractivity contribution < 1.29 is 48.5 Å². The number of unbranched alkanes of at least 4 members (excludes halogenated alkanes) is 2. The van der Waals surface area contributed by atoms with E-state index in [1.54, 1.807) is 45.0 Å². The first-order valence-corrected chi connectivity index (χ1v) is 15.8. The molecule has 0 aromatic heterocycles. The molecule has 2 aromatic carbocycles. The number of hydrogen-bond acceptors (Lipinski definition) is 8. The van der Waals surface area contributed by atoms with Gasteiger partial charge in [0, 0.05) is 32.4 Å². The van der Waals surface area contributed by atoms with Gasteiger partial charge in [-0.05, 0) is 50.5 Å². The minimum absolute atomic E-state index is 0.00931. The van der Waals surface area contributed by atoms with E-state index in [2.05, 4.69) is 21.3 Å². The van der Waals surface area contributed by atoms with Crippen LogP contribution in [0.15, 0.2) is 54.6 Å². The molecule has 6 N–H and O–H groups in total. The molecule has 0 fully saturated rings. The third kappa shape index (κ3) is 15.0. The van der Waals surface area contributed by atoms with Crippen LogP contribution in [-0.2, 0) is 41.6 Å². The van der Waals surface area contributed by atoms with Gasteiger partial charge < -0.3 is 41.0 Å². The molecule has 2 aromatic rings. The highest BCUT2D eigenvalue weighted by Gasteiger charge is 2.29. The van der Waals surface area contributed by atoms with Crippen LogP contribution in [-0.4, -0.2) is 82.8 Å². The Labute approximate surface area is 280 Å². The fourth-order valence-corrected chi connectivity index (χ4v) is 4.39. The molecule has 2 atom stereocenters. The molecule has 0 saturated heterocycles. The monoisotopic (exact) mass is 670 g/mol. The van der Waals surface area contributed by atoms with E-state index in [0.717, 1.165) is 24.8 Å². The SMILES string of the molecule is CCCCCNC(=O)[C@H](Cc1ccc(OC(C(=O)O)C(=O)O)cc1)NC(=O)[C@H](Cc1ccccc1)NC(=O)CCNC(=O)OC(C)(C)C. The number of ether oxygens (including phenoxy) is 2. The van der Waals surface area contributed by atoms with E-state index in [-0.39, 0.29) is 31.6 Å². The van der Waals surface area contributed by atoms with Gasteiger partial charge in [0.15, 0.2) is 0 Å². The van der Waals surface area contributed by atoms with Crippen LogP contribution in [0.4, 0.5) is 4.79 Å². The fraction of sp³-hybridized carbons (Fsp3) is 0.471. The Balaban J connectivity index is 2.20. The largest absolute Gasteiger partial charge is 0.478 e. The maximum atomic E-state index is 13.7. The first-order valence-electron chi connectivity index (χ1n) is 15.8. The average molecular weight is 671 g/mol. The minimum Gasteiger partial charge on any atom is -0.478 e. The standard InChI is InChI=1S/C34H46N4O10/c1-5-6-10-18-35-29(40)25(21-23-13-15-24(16-14-23)47-28(31(42)43)32(44)45)38-30(41)26(20-22-11-8-7-9-12-22)37-27(39)17-19-36-33(46)48-34(2,3)4/h7-9,11-16,25-26,28H,5-6,10,17-21H2,1-4H3,(H,35,40)(H,36,46)(H,37,39)(H,38,41)(H,42,43)(H,44,45)/t25-,26-/m0/s1. The maximum absolute atomic E-state index is 13.7. The number of alkyl carbamates (subject to hydrolysis) is 1. The third-order valence-corrected chi connectivity index (χ3v) is 6.73. The van der Waals surface area contributed by atoms with Crippen LogP contribution in [0.1, 0.15) is 64.5 Å². The molecular weight excluding hydrogens is 624 g/mol. The molecule has 0 bridgehead atoms. The lowest BCUT2D eigenvalue weighted by Crippen LogP contribution is -2.55. The van der Waals surface area contributed by atoms with Crippen LogP contribution in [0.5, 0.6) is 5.75 Å². The van der Waals surface area contributed by atoms with E-state index in [1.165, 1.54) is 24.3 Å². The summed E-state index contributed by atoms with van der Waals surface area (Å²) in [7, 11) is 0. The summed E-state index contributed by atoms with van der Waals surface area (Å²) in [6.45, 7) is 7.55. The van der Waals surface area contributed by atoms with Crippen LogP contribution >= 0.6 is 0 Å². The van der Waals surface area contributed by atoms with Gasteiger partial charge in [0.1, 0.15) is 23.4 Å². The van der Waals surface area contributed by atoms with Crippen molar-refractivity contribution in [1.29, 1.82) is 0 Å². The predicted molar refractivity (Wildman–Crippen MR) is 175 cm³/mol. The summed E-state index contributed by atoms with van der Waals surface area (Å²) in [6, 6.07) is 12.7. The van der Waals surface area contributed by atoms with Crippen molar-refractivity contribution in [2.75, 3.05) is 13.1 Å². The first-order chi connectivity index (χ1) is 22.7. The number of amides is 4. The molecule has 0 radical (unpaired) electrons. The molecule has 0 aliphatic heterocycles. The number of carbonyl (C=O) groups excluding carboxylic acids is 4. The van der Waals surface area contributed by atoms with Crippen LogP contribution in [0, 0.1) is 0 Å². The van der Waals surface area contributed by atoms with E-state index in [0.29, 0.717) is 12.1 Å². The third-order valence-electron chi connectivity index (χ3n) is 6.73. The molecule has 2 rings (SSSR count). The highest BCUT2D eigenvalue weighted by atomic mass is 16.6. The smallest absolute Gasteiger partial charge is 0.407 e. The van der Waals surface area contributed by atoms with Gasteiger partial charge in [0.05, 0.1) is 0 Å². The first kappa shape index (κ1) is 39.0. The minimum atomic E-state index is -2.10. The Morgan fingerprint density at radius 1 is 0.729 bits per heavy atom. The van der Waals surface area contributed by atoms with Crippen molar-refractivity contribution in [2.24, 2.45) is 0 Å². The van der Waals surface area contributed by atoms with Crippen molar-refractivity contribution in [2.45, 2.75) is 90.0 Å². The summed E-state index contributed by atoms with van der Waals surface area (Å²) >= 11 is 0. The molecule has 0 heterocycles. The summed E-state index contributed by atoms with van der Waals surface area (Å²) in [6.07, 6.45) is -0.150. The second-order valence-corrected chi connectivity index (χ2v) is 12.1. The lowest BCUT2D eigenvalue weighted by molar-refractivity contribution is -0.159. The van der Waals surface area contributed by atoms with E-state index in [9.17, 15) is 28.8 Å². The van der Waals surface area contributed by atoms with Crippen molar-refractivity contribution in [3.05, 3.63) is 65.7 Å². The Bertz CT molecular complexity index is 1360. The normalized spacial score (nSPS) is 12.3. The molecule has 0 unspecified atom stereocenters. The highest BCUT2D eigenvalue weighted by molar-refractivity contribution is 5.96. The molecule has 0 saturated carbocycles. The predicted octanol–water partition coefficient (Wildman–Crippen LogP) is 2.58. The highest BCUT2D eigenvalue weighted by Crippen LogP contribution is 2.16. The van der Waals surface area contributed by atoms with E-state index in [1.807, 2.05) is 13.0 Å². The van der Waals surface area contributed by atoms with Gasteiger partial charge in [-0.15, -0.1) is 0 Å². The summed E-state index contributed by atoms with van der Waals surface area (Å²) < 4.78 is 10.2. The quantitative estimate of drug-likeness (QED) is 0.0950. The lowest BCUT2D eigenvalue weighted by atomic mass is 10.0. The van der Waals surface area contributed by atoms with E-state index in [4.69, 9.17) is 19.7 Å². The van der Waals surface area contributed by atoms with Crippen molar-refractivity contribution in [3.8, 4) is 5.75 Å². The molecular formula is C34H46N4O10. The molecule has 0 aliphatic carbocycles. The van der Waals surface area contributed by atoms with Crippen molar-refractivity contribution in [3.63, 3.8) is 0 Å². The van der Waals surface area contributed by atoms with Crippen LogP contribution in [0.3, 0.4) is 0 Å². The van der Waals surface area contributed by atoms with Crippen molar-refractivity contribution in [1.82, 2.24) is 21.3 Å². The number of rotatable bonds is 19. The Morgan fingerprint density at radius 2 is 1.31 bits per heavy atom. The number of nitrogens with one attached hydrogen (secondary N) is 4. The number of hydrogen-bond donors (Lipinski definition) is 6. The zero-order valence-corrected chi connectivity index (χ0v) is 27.7. The second-order valence-electron chi connectivity index (χ2n) is 12.1. The van der Waals surface area contributed by atoms with Crippen LogP contribution in [0.25, 0.3) is 0 Å². The zero-order valence-electron chi connectivity index (χ0n) is 27.7. The maximum Gasteiger partial charge on any atom is 0.407 e. The Morgan fingerprint density at radius 3 is 1.88 bits per heavy atom. The van der Waals surface area contributed by atoms with Crippen LogP contribution < -0.4 is 26.0 Å². The molecule has 48 heavy (non-hydrogen) atoms. The molecule has 262 valence electrons. The lowest BCUT2D eigenvalue weighted by Gasteiger charge is -2.24. The number of carboxylic acid groups (broad SMARTS) is 2. The van der Waals surface area contributed by atoms with Gasteiger partial charge in [-0.25, -0.2) is 14.4 Å². The molecule has 14 nitrogen and oxygen atoms in total. The van der Waals surface area contributed by atoms with Gasteiger partial charge >= 0.3 is 18.0 Å². The van der Waals surface area contributed by atoms with Crippen LogP contribution in [0.2, 0.25) is 0 Å². The summed E-state index contributed by atoms with van der Waals surface area (Å²) in [5, 5.41) is 29.0. The topological polar surface area (TPSA) is 209 Å². The number of carbonyl (C=O) groups is 6. The second kappa shape index (κ2) is 19.5. The van der Waals surface area contributed by atoms with Gasteiger partial charge in [0.25, 0.3) is 6.10 Å². The van der Waals surface area contributed by atoms with Gasteiger partial charge in [-0.1, -0.05) is 62.2 Å². The fourth-order valence-electron chi connectivity index (χ4n) is 4.39.